The van der Waals surface area contributed by atoms with Crippen molar-refractivity contribution >= 4 is 0 Å². The fraction of sp³-hybridized carbons (Fsp3) is 0.520. The Morgan fingerprint density at radius 3 is 2.59 bits per heavy atom. The summed E-state index contributed by atoms with van der Waals surface area (Å²) in [4.78, 5) is 5.24. The predicted molar refractivity (Wildman–Crippen MR) is 118 cm³/mol. The van der Waals surface area contributed by atoms with E-state index in [2.05, 4.69) is 67.0 Å². The highest BCUT2D eigenvalue weighted by molar-refractivity contribution is 5.49. The van der Waals surface area contributed by atoms with E-state index in [-0.39, 0.29) is 12.1 Å². The number of ether oxygens (including phenoxy) is 2. The van der Waals surface area contributed by atoms with Crippen molar-refractivity contribution in [3.63, 3.8) is 0 Å². The van der Waals surface area contributed by atoms with Gasteiger partial charge in [-0.3, -0.25) is 4.90 Å². The van der Waals surface area contributed by atoms with E-state index in [1.165, 1.54) is 36.1 Å². The molecule has 4 nitrogen and oxygen atoms in total. The fourth-order valence-electron chi connectivity index (χ4n) is 4.49. The first-order chi connectivity index (χ1) is 14.2. The highest BCUT2D eigenvalue weighted by atomic mass is 16.5. The third kappa shape index (κ3) is 4.59. The molecule has 0 aromatic heterocycles. The van der Waals surface area contributed by atoms with Gasteiger partial charge >= 0.3 is 0 Å². The van der Waals surface area contributed by atoms with Gasteiger partial charge in [0.2, 0.25) is 0 Å². The van der Waals surface area contributed by atoms with Crippen molar-refractivity contribution in [3.05, 3.63) is 59.2 Å². The van der Waals surface area contributed by atoms with Crippen molar-refractivity contribution in [1.82, 2.24) is 9.80 Å². The number of rotatable bonds is 6. The molecule has 29 heavy (non-hydrogen) atoms. The standard InChI is InChI=1S/C25H34N2O2/c1-4-5-12-26-13-15-27(16-14-26)25-22-9-7-6-8-20(22)18-28-24-11-10-21(17-23(24)25)29-19(2)3/h6-11,17,19,25H,4-5,12-16,18H2,1-3H3. The van der Waals surface area contributed by atoms with Crippen LogP contribution >= 0.6 is 0 Å². The van der Waals surface area contributed by atoms with Crippen LogP contribution in [0.1, 0.15) is 56.3 Å². The number of nitrogens with zero attached hydrogens (tertiary/aromatic N) is 2. The zero-order valence-electron chi connectivity index (χ0n) is 18.1. The highest BCUT2D eigenvalue weighted by Gasteiger charge is 2.32. The van der Waals surface area contributed by atoms with Gasteiger partial charge in [0.25, 0.3) is 0 Å². The maximum absolute atomic E-state index is 6.24. The molecule has 2 heterocycles. The minimum Gasteiger partial charge on any atom is -0.491 e. The maximum atomic E-state index is 6.24. The van der Waals surface area contributed by atoms with Crippen LogP contribution in [0.25, 0.3) is 0 Å². The molecule has 4 heteroatoms. The van der Waals surface area contributed by atoms with Crippen LogP contribution in [0.3, 0.4) is 0 Å². The molecule has 0 spiro atoms. The van der Waals surface area contributed by atoms with Crippen LogP contribution in [-0.4, -0.2) is 48.6 Å². The summed E-state index contributed by atoms with van der Waals surface area (Å²) in [5, 5.41) is 0. The average molecular weight is 395 g/mol. The summed E-state index contributed by atoms with van der Waals surface area (Å²) in [7, 11) is 0. The molecule has 0 aliphatic carbocycles. The van der Waals surface area contributed by atoms with Gasteiger partial charge in [0, 0.05) is 31.7 Å². The topological polar surface area (TPSA) is 24.9 Å². The number of fused-ring (bicyclic) bond motifs is 2. The quantitative estimate of drug-likeness (QED) is 0.698. The van der Waals surface area contributed by atoms with E-state index in [0.29, 0.717) is 6.61 Å². The van der Waals surface area contributed by atoms with E-state index in [1.54, 1.807) is 0 Å². The first-order valence-corrected chi connectivity index (χ1v) is 11.1. The Kier molecular flexibility index (Phi) is 6.41. The molecule has 2 aromatic carbocycles. The molecule has 1 fully saturated rings. The second-order valence-corrected chi connectivity index (χ2v) is 8.49. The number of hydrogen-bond acceptors (Lipinski definition) is 4. The van der Waals surface area contributed by atoms with Crippen molar-refractivity contribution in [1.29, 1.82) is 0 Å². The lowest BCUT2D eigenvalue weighted by Gasteiger charge is -2.40. The summed E-state index contributed by atoms with van der Waals surface area (Å²) in [5.74, 6) is 1.91. The third-order valence-electron chi connectivity index (χ3n) is 5.98. The van der Waals surface area contributed by atoms with Gasteiger partial charge in [0.05, 0.1) is 12.1 Å². The lowest BCUT2D eigenvalue weighted by atomic mass is 9.93. The van der Waals surface area contributed by atoms with E-state index in [0.717, 1.165) is 37.7 Å². The molecule has 0 bridgehead atoms. The second kappa shape index (κ2) is 9.19. The number of piperazine rings is 1. The van der Waals surface area contributed by atoms with Gasteiger partial charge in [-0.15, -0.1) is 0 Å². The third-order valence-corrected chi connectivity index (χ3v) is 5.98. The maximum Gasteiger partial charge on any atom is 0.125 e. The lowest BCUT2D eigenvalue weighted by molar-refractivity contribution is 0.108. The molecule has 0 saturated carbocycles. The van der Waals surface area contributed by atoms with Crippen molar-refractivity contribution < 1.29 is 9.47 Å². The molecule has 156 valence electrons. The Bertz CT molecular complexity index is 812. The van der Waals surface area contributed by atoms with E-state index in [4.69, 9.17) is 9.47 Å². The first-order valence-electron chi connectivity index (χ1n) is 11.1. The SMILES string of the molecule is CCCCN1CCN(C2c3ccccc3COc3ccc(OC(C)C)cc32)CC1. The molecule has 0 radical (unpaired) electrons. The molecule has 2 aliphatic heterocycles. The van der Waals surface area contributed by atoms with Gasteiger partial charge in [-0.2, -0.15) is 0 Å². The van der Waals surface area contributed by atoms with E-state index in [9.17, 15) is 0 Å². The van der Waals surface area contributed by atoms with Crippen LogP contribution < -0.4 is 9.47 Å². The summed E-state index contributed by atoms with van der Waals surface area (Å²) in [5.41, 5.74) is 3.89. The van der Waals surface area contributed by atoms with Crippen LogP contribution in [0.15, 0.2) is 42.5 Å². The zero-order valence-corrected chi connectivity index (χ0v) is 18.1. The summed E-state index contributed by atoms with van der Waals surface area (Å²) in [6, 6.07) is 15.3. The second-order valence-electron chi connectivity index (χ2n) is 8.49. The van der Waals surface area contributed by atoms with Crippen molar-refractivity contribution in [3.8, 4) is 11.5 Å². The molecule has 4 rings (SSSR count). The monoisotopic (exact) mass is 394 g/mol. The van der Waals surface area contributed by atoms with Crippen LogP contribution in [-0.2, 0) is 6.61 Å². The van der Waals surface area contributed by atoms with Crippen molar-refractivity contribution in [2.24, 2.45) is 0 Å². The van der Waals surface area contributed by atoms with Gasteiger partial charge in [0.15, 0.2) is 0 Å². The summed E-state index contributed by atoms with van der Waals surface area (Å²) in [6.45, 7) is 12.7. The van der Waals surface area contributed by atoms with E-state index < -0.39 is 0 Å². The normalized spacial score (nSPS) is 19.9. The van der Waals surface area contributed by atoms with Gasteiger partial charge in [0.1, 0.15) is 18.1 Å². The number of unbranched alkanes of at least 4 members (excludes halogenated alkanes) is 1. The van der Waals surface area contributed by atoms with Crippen molar-refractivity contribution in [2.45, 2.75) is 52.4 Å². The summed E-state index contributed by atoms with van der Waals surface area (Å²) in [6.07, 6.45) is 2.71. The number of benzene rings is 2. The lowest BCUT2D eigenvalue weighted by Crippen LogP contribution is -2.48. The zero-order chi connectivity index (χ0) is 20.2. The molecule has 2 aliphatic rings. The minimum atomic E-state index is 0.160. The van der Waals surface area contributed by atoms with Gasteiger partial charge in [-0.05, 0) is 56.1 Å². The Morgan fingerprint density at radius 2 is 1.83 bits per heavy atom. The molecular formula is C25H34N2O2. The Hall–Kier alpha value is -2.04. The van der Waals surface area contributed by atoms with Gasteiger partial charge < -0.3 is 14.4 Å². The number of hydrogen-bond donors (Lipinski definition) is 0. The molecule has 1 saturated heterocycles. The predicted octanol–water partition coefficient (Wildman–Crippen LogP) is 4.87. The smallest absolute Gasteiger partial charge is 0.125 e. The molecule has 1 unspecified atom stereocenters. The Morgan fingerprint density at radius 1 is 1.03 bits per heavy atom. The average Bonchev–Trinajstić information content (AvgIpc) is 2.89. The largest absolute Gasteiger partial charge is 0.491 e. The van der Waals surface area contributed by atoms with Crippen LogP contribution in [0, 0.1) is 0 Å². The van der Waals surface area contributed by atoms with E-state index in [1.807, 2.05) is 6.07 Å². The minimum absolute atomic E-state index is 0.160. The van der Waals surface area contributed by atoms with Crippen molar-refractivity contribution in [2.75, 3.05) is 32.7 Å². The summed E-state index contributed by atoms with van der Waals surface area (Å²) >= 11 is 0. The van der Waals surface area contributed by atoms with Gasteiger partial charge in [-0.25, -0.2) is 0 Å². The molecule has 0 N–H and O–H groups in total. The van der Waals surface area contributed by atoms with Gasteiger partial charge in [-0.1, -0.05) is 37.6 Å². The molecule has 1 atom stereocenters. The van der Waals surface area contributed by atoms with E-state index >= 15 is 0 Å². The Labute approximate surface area is 175 Å². The Balaban J connectivity index is 1.66. The van der Waals surface area contributed by atoms with Crippen LogP contribution in [0.4, 0.5) is 0 Å². The molecular weight excluding hydrogens is 360 g/mol. The summed E-state index contributed by atoms with van der Waals surface area (Å²) < 4.78 is 12.3. The fourth-order valence-corrected chi connectivity index (χ4v) is 4.49. The van der Waals surface area contributed by atoms with Crippen LogP contribution in [0.2, 0.25) is 0 Å². The molecule has 2 aromatic rings. The first kappa shape index (κ1) is 20.2. The molecule has 0 amide bonds. The highest BCUT2D eigenvalue weighted by Crippen LogP contribution is 2.41. The van der Waals surface area contributed by atoms with Crippen LogP contribution in [0.5, 0.6) is 11.5 Å².